The van der Waals surface area contributed by atoms with Gasteiger partial charge in [-0.3, -0.25) is 9.62 Å². The molecule has 2 heterocycles. The maximum Gasteiger partial charge on any atom is 0.415 e. The number of sulfonamides is 1. The van der Waals surface area contributed by atoms with Gasteiger partial charge in [0.2, 0.25) is 0 Å². The number of rotatable bonds is 7. The van der Waals surface area contributed by atoms with Crippen LogP contribution in [0.5, 0.6) is 0 Å². The summed E-state index contributed by atoms with van der Waals surface area (Å²) >= 11 is 0. The zero-order valence-electron chi connectivity index (χ0n) is 22.7. The van der Waals surface area contributed by atoms with Gasteiger partial charge in [0.15, 0.2) is 0 Å². The largest absolute Gasteiger partial charge is 0.415 e. The Morgan fingerprint density at radius 3 is 2.45 bits per heavy atom. The molecule has 228 valence electrons. The molecule has 2 aliphatic carbocycles. The van der Waals surface area contributed by atoms with Crippen LogP contribution in [0.1, 0.15) is 39.0 Å². The zero-order valence-corrected chi connectivity index (χ0v) is 23.5. The Bertz CT molecular complexity index is 1460. The third kappa shape index (κ3) is 6.29. The Morgan fingerprint density at radius 1 is 1.05 bits per heavy atom. The summed E-state index contributed by atoms with van der Waals surface area (Å²) in [5, 5.41) is 3.06. The van der Waals surface area contributed by atoms with Gasteiger partial charge in [-0.05, 0) is 81.2 Å². The number of benzene rings is 1. The van der Waals surface area contributed by atoms with E-state index in [2.05, 4.69) is 24.9 Å². The average Bonchev–Trinajstić information content (AvgIpc) is 3.45. The number of alkyl halides is 3. The minimum absolute atomic E-state index is 0.111. The molecule has 2 N–H and O–H groups in total. The summed E-state index contributed by atoms with van der Waals surface area (Å²) in [6.07, 6.45) is 3.37. The smallest absolute Gasteiger partial charge is 0.378 e. The molecule has 2 fully saturated rings. The summed E-state index contributed by atoms with van der Waals surface area (Å²) in [6.45, 7) is 2.92. The summed E-state index contributed by atoms with van der Waals surface area (Å²) in [5.41, 5.74) is -1.36. The quantitative estimate of drug-likeness (QED) is 0.361. The number of hydrogen-bond acceptors (Lipinski definition) is 6. The minimum atomic E-state index is -4.77. The summed E-state index contributed by atoms with van der Waals surface area (Å²) in [6, 6.07) is 2.10. The monoisotopic (exact) mass is 615 g/mol. The standard InChI is InChI=1S/C28H31F6N5O2S/c1-16-18(5-6-19(29)27(16)28(32,33)34)17-4-7-22(24(12-17)39-10-2-3-11-39)37-23-13-21(31)25(14-20(23)30)42(40,41)38-26-8-9-35-15-36-26/h5-6,8-9,13-18,22,24,37H,2-4,7,10-12H2,1H3,(H,35,36,38)/t16?,17-,18?,22-,24-/m0/s1. The van der Waals surface area contributed by atoms with Gasteiger partial charge in [0, 0.05) is 24.3 Å². The second kappa shape index (κ2) is 11.9. The van der Waals surface area contributed by atoms with Crippen molar-refractivity contribution in [3.05, 3.63) is 65.9 Å². The number of likely N-dealkylation sites (tertiary alicyclic amines) is 1. The van der Waals surface area contributed by atoms with Gasteiger partial charge in [0.25, 0.3) is 10.0 Å². The van der Waals surface area contributed by atoms with Crippen molar-refractivity contribution in [3.63, 3.8) is 0 Å². The molecule has 0 bridgehead atoms. The van der Waals surface area contributed by atoms with Crippen LogP contribution in [0.25, 0.3) is 0 Å². The van der Waals surface area contributed by atoms with Gasteiger partial charge in [-0.25, -0.2) is 31.6 Å². The Labute approximate surface area is 240 Å². The van der Waals surface area contributed by atoms with Gasteiger partial charge in [0.05, 0.1) is 11.3 Å². The number of nitrogens with one attached hydrogen (secondary N) is 2. The zero-order chi connectivity index (χ0) is 30.2. The van der Waals surface area contributed by atoms with Gasteiger partial charge in [-0.2, -0.15) is 13.2 Å². The molecule has 2 unspecified atom stereocenters. The third-order valence-corrected chi connectivity index (χ3v) is 9.91. The van der Waals surface area contributed by atoms with Crippen LogP contribution >= 0.6 is 0 Å². The van der Waals surface area contributed by atoms with Gasteiger partial charge < -0.3 is 5.32 Å². The molecule has 1 aliphatic heterocycles. The molecule has 14 heteroatoms. The van der Waals surface area contributed by atoms with Crippen LogP contribution < -0.4 is 10.0 Å². The maximum atomic E-state index is 15.3. The predicted molar refractivity (Wildman–Crippen MR) is 145 cm³/mol. The lowest BCUT2D eigenvalue weighted by Gasteiger charge is -2.45. The van der Waals surface area contributed by atoms with E-state index in [9.17, 15) is 26.0 Å². The SMILES string of the molecule is CC1C(C(F)(F)F)=C(F)C=CC1[C@H]1CC[C@H](Nc2cc(F)c(S(=O)(=O)Nc3ccncn3)cc2F)[C@@H](N2CCCC2)C1. The van der Waals surface area contributed by atoms with E-state index >= 15 is 8.78 Å². The van der Waals surface area contributed by atoms with E-state index in [1.54, 1.807) is 0 Å². The van der Waals surface area contributed by atoms with E-state index < -0.39 is 56.0 Å². The number of nitrogens with zero attached hydrogens (tertiary/aromatic N) is 3. The van der Waals surface area contributed by atoms with Crippen LogP contribution in [0.4, 0.5) is 37.8 Å². The van der Waals surface area contributed by atoms with E-state index in [0.717, 1.165) is 44.4 Å². The highest BCUT2D eigenvalue weighted by atomic mass is 32.2. The second-order valence-electron chi connectivity index (χ2n) is 11.1. The molecule has 5 atom stereocenters. The van der Waals surface area contributed by atoms with Crippen LogP contribution in [-0.4, -0.2) is 54.6 Å². The highest BCUT2D eigenvalue weighted by molar-refractivity contribution is 7.92. The van der Waals surface area contributed by atoms with Crippen LogP contribution in [0.3, 0.4) is 0 Å². The molecule has 3 aliphatic rings. The summed E-state index contributed by atoms with van der Waals surface area (Å²) in [7, 11) is -4.49. The van der Waals surface area contributed by atoms with Crippen LogP contribution in [0.15, 0.2) is 59.2 Å². The van der Waals surface area contributed by atoms with Crippen molar-refractivity contribution in [2.45, 2.75) is 62.2 Å². The Balaban J connectivity index is 1.35. The molecule has 42 heavy (non-hydrogen) atoms. The first-order valence-corrected chi connectivity index (χ1v) is 15.3. The lowest BCUT2D eigenvalue weighted by Crippen LogP contribution is -2.51. The Hall–Kier alpha value is -3.13. The number of allylic oxidation sites excluding steroid dienone is 4. The molecule has 0 amide bonds. The predicted octanol–water partition coefficient (Wildman–Crippen LogP) is 6.21. The molecule has 0 radical (unpaired) electrons. The van der Waals surface area contributed by atoms with Crippen molar-refractivity contribution >= 4 is 21.5 Å². The molecule has 5 rings (SSSR count). The Kier molecular flexibility index (Phi) is 8.57. The fourth-order valence-electron chi connectivity index (χ4n) is 6.58. The fraction of sp³-hybridized carbons (Fsp3) is 0.500. The van der Waals surface area contributed by atoms with Crippen LogP contribution in [0, 0.1) is 29.4 Å². The normalized spacial score (nSPS) is 27.4. The van der Waals surface area contributed by atoms with Gasteiger partial charge >= 0.3 is 6.18 Å². The summed E-state index contributed by atoms with van der Waals surface area (Å²) < 4.78 is 113. The van der Waals surface area contributed by atoms with Crippen LogP contribution in [-0.2, 0) is 10.0 Å². The molecule has 1 aromatic carbocycles. The van der Waals surface area contributed by atoms with Crippen molar-refractivity contribution < 1.29 is 34.8 Å². The fourth-order valence-corrected chi connectivity index (χ4v) is 7.66. The molecule has 2 aromatic rings. The maximum absolute atomic E-state index is 15.3. The number of halogens is 6. The van der Waals surface area contributed by atoms with E-state index in [1.807, 2.05) is 0 Å². The van der Waals surface area contributed by atoms with E-state index in [-0.39, 0.29) is 29.5 Å². The van der Waals surface area contributed by atoms with Crippen molar-refractivity contribution in [2.75, 3.05) is 23.1 Å². The second-order valence-corrected chi connectivity index (χ2v) is 12.7. The summed E-state index contributed by atoms with van der Waals surface area (Å²) in [5.74, 6) is -5.25. The topological polar surface area (TPSA) is 87.2 Å². The van der Waals surface area contributed by atoms with Crippen molar-refractivity contribution in [1.82, 2.24) is 14.9 Å². The van der Waals surface area contributed by atoms with Gasteiger partial charge in [-0.15, -0.1) is 0 Å². The molecule has 0 spiro atoms. The highest BCUT2D eigenvalue weighted by Crippen LogP contribution is 2.47. The first kappa shape index (κ1) is 30.3. The Morgan fingerprint density at radius 2 is 1.79 bits per heavy atom. The van der Waals surface area contributed by atoms with E-state index in [1.165, 1.54) is 25.3 Å². The number of anilines is 2. The third-order valence-electron chi connectivity index (χ3n) is 8.54. The molecule has 7 nitrogen and oxygen atoms in total. The molecular formula is C28H31F6N5O2S. The number of aromatic nitrogens is 2. The molecular weight excluding hydrogens is 584 g/mol. The van der Waals surface area contributed by atoms with E-state index in [0.29, 0.717) is 25.3 Å². The van der Waals surface area contributed by atoms with E-state index in [4.69, 9.17) is 0 Å². The minimum Gasteiger partial charge on any atom is -0.378 e. The lowest BCUT2D eigenvalue weighted by molar-refractivity contribution is -0.104. The average molecular weight is 616 g/mol. The molecule has 1 aromatic heterocycles. The molecule has 1 saturated heterocycles. The molecule has 1 saturated carbocycles. The summed E-state index contributed by atoms with van der Waals surface area (Å²) in [4.78, 5) is 8.73. The van der Waals surface area contributed by atoms with Crippen molar-refractivity contribution in [1.29, 1.82) is 0 Å². The highest BCUT2D eigenvalue weighted by Gasteiger charge is 2.47. The van der Waals surface area contributed by atoms with Gasteiger partial charge in [-0.1, -0.05) is 13.0 Å². The lowest BCUT2D eigenvalue weighted by atomic mass is 9.68. The number of hydrogen-bond donors (Lipinski definition) is 2. The van der Waals surface area contributed by atoms with Crippen LogP contribution in [0.2, 0.25) is 0 Å². The van der Waals surface area contributed by atoms with Gasteiger partial charge in [0.1, 0.15) is 34.5 Å². The van der Waals surface area contributed by atoms with Crippen molar-refractivity contribution in [3.8, 4) is 0 Å². The van der Waals surface area contributed by atoms with Crippen molar-refractivity contribution in [2.24, 2.45) is 17.8 Å². The first-order chi connectivity index (χ1) is 19.8. The first-order valence-electron chi connectivity index (χ1n) is 13.8.